The van der Waals surface area contributed by atoms with Gasteiger partial charge in [0.15, 0.2) is 0 Å². The van der Waals surface area contributed by atoms with Crippen LogP contribution in [0.25, 0.3) is 10.9 Å². The van der Waals surface area contributed by atoms with Crippen molar-refractivity contribution in [2.75, 3.05) is 44.9 Å². The maximum atomic E-state index is 14.0. The Labute approximate surface area is 173 Å². The number of nitrogens with zero attached hydrogens (tertiary/aromatic N) is 4. The second kappa shape index (κ2) is 8.80. The summed E-state index contributed by atoms with van der Waals surface area (Å²) >= 11 is 5.57. The molecule has 154 valence electrons. The Morgan fingerprint density at radius 2 is 2.14 bits per heavy atom. The third-order valence-electron chi connectivity index (χ3n) is 5.02. The van der Waals surface area contributed by atoms with E-state index in [2.05, 4.69) is 5.32 Å². The molecule has 0 saturated carbocycles. The lowest BCUT2D eigenvalue weighted by atomic mass is 10.0. The van der Waals surface area contributed by atoms with Crippen LogP contribution in [0.15, 0.2) is 23.0 Å². The number of hydrogen-bond acceptors (Lipinski definition) is 5. The SMILES string of the molecule is CN(C)CCCn1c(=O)c(C#N)c(NC2CN(C(=O)CCl)C2)c2cc(F)ccc21. The minimum absolute atomic E-state index is 0.0462. The van der Waals surface area contributed by atoms with E-state index in [0.29, 0.717) is 36.2 Å². The molecule has 2 heterocycles. The smallest absolute Gasteiger partial charge is 0.271 e. The maximum absolute atomic E-state index is 14.0. The first-order valence-corrected chi connectivity index (χ1v) is 9.90. The molecule has 29 heavy (non-hydrogen) atoms. The van der Waals surface area contributed by atoms with Crippen molar-refractivity contribution in [1.29, 1.82) is 5.26 Å². The molecule has 1 aromatic carbocycles. The third-order valence-corrected chi connectivity index (χ3v) is 5.25. The number of nitrogens with one attached hydrogen (secondary N) is 1. The van der Waals surface area contributed by atoms with Crippen LogP contribution < -0.4 is 10.9 Å². The Morgan fingerprint density at radius 3 is 2.76 bits per heavy atom. The van der Waals surface area contributed by atoms with Gasteiger partial charge < -0.3 is 19.7 Å². The second-order valence-corrected chi connectivity index (χ2v) is 7.68. The molecule has 0 aliphatic carbocycles. The van der Waals surface area contributed by atoms with E-state index in [1.165, 1.54) is 16.7 Å². The lowest BCUT2D eigenvalue weighted by Gasteiger charge is -2.40. The Hall–Kier alpha value is -2.63. The molecule has 9 heteroatoms. The number of amides is 1. The van der Waals surface area contributed by atoms with E-state index >= 15 is 0 Å². The van der Waals surface area contributed by atoms with Gasteiger partial charge in [0.25, 0.3) is 5.56 Å². The van der Waals surface area contributed by atoms with Crippen LogP contribution in [-0.4, -0.2) is 65.9 Å². The van der Waals surface area contributed by atoms with E-state index in [1.807, 2.05) is 25.1 Å². The highest BCUT2D eigenvalue weighted by Gasteiger charge is 2.31. The molecule has 0 bridgehead atoms. The van der Waals surface area contributed by atoms with Crippen LogP contribution in [0.4, 0.5) is 10.1 Å². The van der Waals surface area contributed by atoms with Crippen molar-refractivity contribution in [2.45, 2.75) is 19.0 Å². The summed E-state index contributed by atoms with van der Waals surface area (Å²) in [5, 5.41) is 13.3. The van der Waals surface area contributed by atoms with Crippen LogP contribution >= 0.6 is 11.6 Å². The van der Waals surface area contributed by atoms with E-state index in [9.17, 15) is 19.2 Å². The van der Waals surface area contributed by atoms with E-state index in [4.69, 9.17) is 11.6 Å². The summed E-state index contributed by atoms with van der Waals surface area (Å²) in [6, 6.07) is 6.06. The molecule has 1 aromatic heterocycles. The molecule has 2 aromatic rings. The van der Waals surface area contributed by atoms with Crippen molar-refractivity contribution in [3.63, 3.8) is 0 Å². The fraction of sp³-hybridized carbons (Fsp3) is 0.450. The normalized spacial score (nSPS) is 14.1. The number of halogens is 2. The highest BCUT2D eigenvalue weighted by Crippen LogP contribution is 2.28. The molecule has 7 nitrogen and oxygen atoms in total. The van der Waals surface area contributed by atoms with Crippen molar-refractivity contribution in [2.24, 2.45) is 0 Å². The zero-order valence-corrected chi connectivity index (χ0v) is 17.2. The van der Waals surface area contributed by atoms with Crippen LogP contribution in [0.2, 0.25) is 0 Å². The number of carbonyl (C=O) groups is 1. The van der Waals surface area contributed by atoms with Crippen molar-refractivity contribution in [3.05, 3.63) is 39.9 Å². The molecule has 1 amide bonds. The molecule has 0 spiro atoms. The Morgan fingerprint density at radius 1 is 1.41 bits per heavy atom. The van der Waals surface area contributed by atoms with Crippen LogP contribution in [-0.2, 0) is 11.3 Å². The Balaban J connectivity index is 1.99. The largest absolute Gasteiger partial charge is 0.377 e. The average molecular weight is 420 g/mol. The van der Waals surface area contributed by atoms with Gasteiger partial charge in [-0.15, -0.1) is 11.6 Å². The first-order chi connectivity index (χ1) is 13.8. The number of pyridine rings is 1. The summed E-state index contributed by atoms with van der Waals surface area (Å²) < 4.78 is 15.6. The summed E-state index contributed by atoms with van der Waals surface area (Å²) in [4.78, 5) is 28.2. The van der Waals surface area contributed by atoms with Crippen molar-refractivity contribution in [1.82, 2.24) is 14.4 Å². The van der Waals surface area contributed by atoms with Gasteiger partial charge in [-0.05, 0) is 45.3 Å². The number of carbonyl (C=O) groups excluding carboxylic acids is 1. The lowest BCUT2D eigenvalue weighted by molar-refractivity contribution is -0.132. The number of benzene rings is 1. The van der Waals surface area contributed by atoms with E-state index < -0.39 is 11.4 Å². The molecule has 1 aliphatic heterocycles. The monoisotopic (exact) mass is 419 g/mol. The third kappa shape index (κ3) is 4.36. The van der Waals surface area contributed by atoms with Gasteiger partial charge in [-0.2, -0.15) is 5.26 Å². The van der Waals surface area contributed by atoms with Gasteiger partial charge in [0, 0.05) is 25.0 Å². The number of anilines is 1. The van der Waals surface area contributed by atoms with Crippen LogP contribution in [0.3, 0.4) is 0 Å². The van der Waals surface area contributed by atoms with E-state index in [-0.39, 0.29) is 23.4 Å². The second-order valence-electron chi connectivity index (χ2n) is 7.41. The molecule has 1 saturated heterocycles. The van der Waals surface area contributed by atoms with Gasteiger partial charge in [-0.3, -0.25) is 9.59 Å². The number of rotatable bonds is 7. The van der Waals surface area contributed by atoms with Gasteiger partial charge in [-0.1, -0.05) is 0 Å². The standard InChI is InChI=1S/C20H23ClFN5O2/c1-25(2)6-3-7-27-17-5-4-13(22)8-15(17)19(16(10-23)20(27)29)24-14-11-26(12-14)18(28)9-21/h4-5,8,14,24H,3,6-7,9,11-12H2,1-2H3. The van der Waals surface area contributed by atoms with E-state index in [1.54, 1.807) is 11.0 Å². The summed E-state index contributed by atoms with van der Waals surface area (Å²) in [5.74, 6) is -0.708. The quantitative estimate of drug-likeness (QED) is 0.692. The minimum atomic E-state index is -0.449. The van der Waals surface area contributed by atoms with Gasteiger partial charge >= 0.3 is 0 Å². The topological polar surface area (TPSA) is 81.4 Å². The van der Waals surface area contributed by atoms with Gasteiger partial charge in [0.2, 0.25) is 5.91 Å². The summed E-state index contributed by atoms with van der Waals surface area (Å²) in [6.07, 6.45) is 0.717. The highest BCUT2D eigenvalue weighted by atomic mass is 35.5. The predicted octanol–water partition coefficient (Wildman–Crippen LogP) is 1.83. The molecular weight excluding hydrogens is 397 g/mol. The van der Waals surface area contributed by atoms with Crippen LogP contribution in [0.5, 0.6) is 0 Å². The molecule has 0 unspecified atom stereocenters. The van der Waals surface area contributed by atoms with Gasteiger partial charge in [-0.25, -0.2) is 4.39 Å². The van der Waals surface area contributed by atoms with Crippen molar-refractivity contribution >= 4 is 34.1 Å². The molecule has 0 radical (unpaired) electrons. The number of fused-ring (bicyclic) bond motifs is 1. The van der Waals surface area contributed by atoms with Gasteiger partial charge in [0.1, 0.15) is 23.3 Å². The van der Waals surface area contributed by atoms with Crippen molar-refractivity contribution in [3.8, 4) is 6.07 Å². The number of nitriles is 1. The minimum Gasteiger partial charge on any atom is -0.377 e. The molecular formula is C20H23ClFN5O2. The van der Waals surface area contributed by atoms with Gasteiger partial charge in [0.05, 0.1) is 17.2 Å². The molecule has 1 aliphatic rings. The average Bonchev–Trinajstić information content (AvgIpc) is 2.65. The first-order valence-electron chi connectivity index (χ1n) is 9.37. The van der Waals surface area contributed by atoms with Crippen LogP contribution in [0.1, 0.15) is 12.0 Å². The van der Waals surface area contributed by atoms with E-state index in [0.717, 1.165) is 13.0 Å². The first kappa shape index (κ1) is 21.1. The molecule has 1 N–H and O–H groups in total. The highest BCUT2D eigenvalue weighted by molar-refractivity contribution is 6.27. The number of alkyl halides is 1. The fourth-order valence-electron chi connectivity index (χ4n) is 3.51. The number of aromatic nitrogens is 1. The maximum Gasteiger partial charge on any atom is 0.271 e. The molecule has 3 rings (SSSR count). The molecule has 0 atom stereocenters. The Kier molecular flexibility index (Phi) is 6.40. The zero-order chi connectivity index (χ0) is 21.1. The number of hydrogen-bond donors (Lipinski definition) is 1. The Bertz CT molecular complexity index is 1020. The lowest BCUT2D eigenvalue weighted by Crippen LogP contribution is -2.57. The summed E-state index contributed by atoms with van der Waals surface area (Å²) in [5.41, 5.74) is 0.444. The molecule has 1 fully saturated rings. The summed E-state index contributed by atoms with van der Waals surface area (Å²) in [6.45, 7) is 2.04. The predicted molar refractivity (Wildman–Crippen MR) is 111 cm³/mol. The fourth-order valence-corrected chi connectivity index (χ4v) is 3.68. The van der Waals surface area contributed by atoms with Crippen LogP contribution in [0, 0.1) is 17.1 Å². The van der Waals surface area contributed by atoms with Crippen molar-refractivity contribution < 1.29 is 9.18 Å². The summed E-state index contributed by atoms with van der Waals surface area (Å²) in [7, 11) is 3.89. The number of likely N-dealkylation sites (tertiary alicyclic amines) is 1. The number of aryl methyl sites for hydroxylation is 1. The zero-order valence-electron chi connectivity index (χ0n) is 16.4.